The molecule has 1 aromatic rings. The van der Waals surface area contributed by atoms with E-state index in [2.05, 4.69) is 5.32 Å². The minimum absolute atomic E-state index is 0.00179. The number of carboxylic acid groups (broad SMARTS) is 1. The van der Waals surface area contributed by atoms with Crippen LogP contribution in [0.1, 0.15) is 42.6 Å². The van der Waals surface area contributed by atoms with Gasteiger partial charge >= 0.3 is 5.97 Å². The second kappa shape index (κ2) is 7.15. The van der Waals surface area contributed by atoms with Crippen molar-refractivity contribution < 1.29 is 24.2 Å². The Bertz CT molecular complexity index is 566. The van der Waals surface area contributed by atoms with Gasteiger partial charge in [0.15, 0.2) is 11.5 Å². The van der Waals surface area contributed by atoms with Gasteiger partial charge in [0.05, 0.1) is 14.2 Å². The van der Waals surface area contributed by atoms with Crippen LogP contribution in [0.4, 0.5) is 0 Å². The van der Waals surface area contributed by atoms with Crippen LogP contribution < -0.4 is 14.8 Å². The topological polar surface area (TPSA) is 84.9 Å². The molecule has 0 aromatic heterocycles. The molecule has 0 fully saturated rings. The summed E-state index contributed by atoms with van der Waals surface area (Å²) in [5.41, 5.74) is 0.611. The Morgan fingerprint density at radius 2 is 1.73 bits per heavy atom. The number of ether oxygens (including phenoxy) is 2. The number of amides is 1. The van der Waals surface area contributed by atoms with E-state index in [0.29, 0.717) is 23.5 Å². The molecule has 2 N–H and O–H groups in total. The Hall–Kier alpha value is -2.24. The first kappa shape index (κ1) is 17.8. The average Bonchev–Trinajstić information content (AvgIpc) is 2.44. The van der Waals surface area contributed by atoms with Crippen molar-refractivity contribution in [2.45, 2.75) is 39.2 Å². The molecule has 0 saturated heterocycles. The maximum Gasteiger partial charge on any atom is 0.303 e. The van der Waals surface area contributed by atoms with Crippen LogP contribution in [0.15, 0.2) is 12.1 Å². The van der Waals surface area contributed by atoms with Crippen molar-refractivity contribution in [1.82, 2.24) is 5.32 Å². The van der Waals surface area contributed by atoms with Crippen LogP contribution >= 0.6 is 0 Å². The fourth-order valence-corrected chi connectivity index (χ4v) is 2.08. The summed E-state index contributed by atoms with van der Waals surface area (Å²) in [6, 6.07) is 3.36. The summed E-state index contributed by atoms with van der Waals surface area (Å²) in [6.07, 6.45) is 0.346. The SMILES string of the molecule is COc1cc(C)c(C(=O)NC(C)(C)CCC(=O)O)cc1OC. The lowest BCUT2D eigenvalue weighted by molar-refractivity contribution is -0.137. The number of rotatable bonds is 7. The third-order valence-corrected chi connectivity index (χ3v) is 3.39. The Morgan fingerprint density at radius 3 is 2.23 bits per heavy atom. The van der Waals surface area contributed by atoms with E-state index in [4.69, 9.17) is 14.6 Å². The van der Waals surface area contributed by atoms with Crippen LogP contribution in [-0.2, 0) is 4.79 Å². The third kappa shape index (κ3) is 4.65. The van der Waals surface area contributed by atoms with E-state index >= 15 is 0 Å². The number of carboxylic acids is 1. The van der Waals surface area contributed by atoms with Crippen molar-refractivity contribution >= 4 is 11.9 Å². The number of hydrogen-bond donors (Lipinski definition) is 2. The fraction of sp³-hybridized carbons (Fsp3) is 0.500. The molecule has 0 bridgehead atoms. The summed E-state index contributed by atoms with van der Waals surface area (Å²) in [5, 5.41) is 11.6. The summed E-state index contributed by atoms with van der Waals surface area (Å²) in [6.45, 7) is 5.40. The molecule has 0 heterocycles. The van der Waals surface area contributed by atoms with Gasteiger partial charge in [0, 0.05) is 17.5 Å². The van der Waals surface area contributed by atoms with E-state index in [9.17, 15) is 9.59 Å². The van der Waals surface area contributed by atoms with Crippen molar-refractivity contribution in [3.63, 3.8) is 0 Å². The van der Waals surface area contributed by atoms with Crippen LogP contribution in [0.5, 0.6) is 11.5 Å². The van der Waals surface area contributed by atoms with Gasteiger partial charge in [-0.1, -0.05) is 0 Å². The monoisotopic (exact) mass is 309 g/mol. The quantitative estimate of drug-likeness (QED) is 0.808. The smallest absolute Gasteiger partial charge is 0.303 e. The standard InChI is InChI=1S/C16H23NO5/c1-10-8-12(21-4)13(22-5)9-11(10)15(20)17-16(2,3)7-6-14(18)19/h8-9H,6-7H2,1-5H3,(H,17,20)(H,18,19). The van der Waals surface area contributed by atoms with Gasteiger partial charge in [-0.2, -0.15) is 0 Å². The predicted octanol–water partition coefficient (Wildman–Crippen LogP) is 2.39. The molecule has 6 nitrogen and oxygen atoms in total. The normalized spacial score (nSPS) is 11.0. The summed E-state index contributed by atoms with van der Waals surface area (Å²) in [4.78, 5) is 23.1. The van der Waals surface area contributed by atoms with E-state index in [0.717, 1.165) is 5.56 Å². The maximum atomic E-state index is 12.4. The number of nitrogens with one attached hydrogen (secondary N) is 1. The first-order valence-electron chi connectivity index (χ1n) is 6.97. The number of aliphatic carboxylic acids is 1. The molecule has 0 aliphatic carbocycles. The lowest BCUT2D eigenvalue weighted by Gasteiger charge is -2.26. The second-order valence-electron chi connectivity index (χ2n) is 5.75. The molecule has 0 aliphatic heterocycles. The van der Waals surface area contributed by atoms with Gasteiger partial charge in [-0.25, -0.2) is 0 Å². The lowest BCUT2D eigenvalue weighted by atomic mass is 9.97. The number of methoxy groups -OCH3 is 2. The summed E-state index contributed by atoms with van der Waals surface area (Å²) in [7, 11) is 3.04. The molecule has 0 unspecified atom stereocenters. The van der Waals surface area contributed by atoms with Gasteiger partial charge in [-0.05, 0) is 44.9 Å². The molecule has 0 saturated carbocycles. The number of carbonyl (C=O) groups excluding carboxylic acids is 1. The van der Waals surface area contributed by atoms with E-state index in [-0.39, 0.29) is 12.3 Å². The molecule has 122 valence electrons. The molecule has 0 spiro atoms. The zero-order valence-corrected chi connectivity index (χ0v) is 13.6. The van der Waals surface area contributed by atoms with Crippen molar-refractivity contribution in [3.8, 4) is 11.5 Å². The second-order valence-corrected chi connectivity index (χ2v) is 5.75. The van der Waals surface area contributed by atoms with Gasteiger partial charge in [-0.15, -0.1) is 0 Å². The van der Waals surface area contributed by atoms with Crippen LogP contribution in [0.3, 0.4) is 0 Å². The molecule has 1 amide bonds. The molecule has 0 radical (unpaired) electrons. The molecule has 1 rings (SSSR count). The highest BCUT2D eigenvalue weighted by Gasteiger charge is 2.24. The first-order valence-corrected chi connectivity index (χ1v) is 6.97. The van der Waals surface area contributed by atoms with E-state index in [1.807, 2.05) is 0 Å². The van der Waals surface area contributed by atoms with E-state index in [1.165, 1.54) is 14.2 Å². The summed E-state index contributed by atoms with van der Waals surface area (Å²) < 4.78 is 10.4. The highest BCUT2D eigenvalue weighted by molar-refractivity contribution is 5.96. The van der Waals surface area contributed by atoms with Crippen LogP contribution in [-0.4, -0.2) is 36.7 Å². The zero-order chi connectivity index (χ0) is 16.9. The molecule has 0 aliphatic rings. The maximum absolute atomic E-state index is 12.4. The Morgan fingerprint density at radius 1 is 1.18 bits per heavy atom. The third-order valence-electron chi connectivity index (χ3n) is 3.39. The highest BCUT2D eigenvalue weighted by Crippen LogP contribution is 2.30. The van der Waals surface area contributed by atoms with Gasteiger partial charge in [0.25, 0.3) is 5.91 Å². The van der Waals surface area contributed by atoms with E-state index < -0.39 is 11.5 Å². The first-order chi connectivity index (χ1) is 10.2. The Balaban J connectivity index is 2.96. The minimum Gasteiger partial charge on any atom is -0.493 e. The Kier molecular flexibility index (Phi) is 5.79. The molecular weight excluding hydrogens is 286 g/mol. The van der Waals surface area contributed by atoms with Gasteiger partial charge in [0.1, 0.15) is 0 Å². The Labute approximate surface area is 130 Å². The van der Waals surface area contributed by atoms with Gasteiger partial charge in [0.2, 0.25) is 0 Å². The number of carbonyl (C=O) groups is 2. The molecule has 1 aromatic carbocycles. The van der Waals surface area contributed by atoms with Crippen LogP contribution in [0, 0.1) is 6.92 Å². The fourth-order valence-electron chi connectivity index (χ4n) is 2.08. The summed E-state index contributed by atoms with van der Waals surface area (Å²) >= 11 is 0. The van der Waals surface area contributed by atoms with Crippen molar-refractivity contribution in [2.24, 2.45) is 0 Å². The van der Waals surface area contributed by atoms with Crippen molar-refractivity contribution in [3.05, 3.63) is 23.3 Å². The largest absolute Gasteiger partial charge is 0.493 e. The number of benzene rings is 1. The molecule has 0 atom stereocenters. The average molecular weight is 309 g/mol. The predicted molar refractivity (Wildman–Crippen MR) is 82.7 cm³/mol. The van der Waals surface area contributed by atoms with Gasteiger partial charge in [-0.3, -0.25) is 9.59 Å². The highest BCUT2D eigenvalue weighted by atomic mass is 16.5. The number of hydrogen-bond acceptors (Lipinski definition) is 4. The van der Waals surface area contributed by atoms with Crippen molar-refractivity contribution in [1.29, 1.82) is 0 Å². The van der Waals surface area contributed by atoms with Crippen LogP contribution in [0.25, 0.3) is 0 Å². The minimum atomic E-state index is -0.885. The summed E-state index contributed by atoms with van der Waals surface area (Å²) in [5.74, 6) is -0.123. The molecule has 22 heavy (non-hydrogen) atoms. The lowest BCUT2D eigenvalue weighted by Crippen LogP contribution is -2.43. The molecule has 6 heteroatoms. The van der Waals surface area contributed by atoms with Crippen molar-refractivity contribution in [2.75, 3.05) is 14.2 Å². The van der Waals surface area contributed by atoms with Gasteiger partial charge < -0.3 is 19.9 Å². The molecular formula is C16H23NO5. The van der Waals surface area contributed by atoms with Crippen LogP contribution in [0.2, 0.25) is 0 Å². The number of aryl methyl sites for hydroxylation is 1. The van der Waals surface area contributed by atoms with E-state index in [1.54, 1.807) is 32.9 Å². The zero-order valence-electron chi connectivity index (χ0n) is 13.6.